The van der Waals surface area contributed by atoms with Gasteiger partial charge in [0.1, 0.15) is 0 Å². The molecule has 1 aromatic carbocycles. The van der Waals surface area contributed by atoms with Gasteiger partial charge in [0.15, 0.2) is 0 Å². The molecule has 2 rings (SSSR count). The second kappa shape index (κ2) is 6.70. The van der Waals surface area contributed by atoms with Crippen molar-refractivity contribution in [3.63, 3.8) is 0 Å². The molecule has 0 saturated carbocycles. The number of aromatic nitrogens is 1. The van der Waals surface area contributed by atoms with Crippen LogP contribution in [0.25, 0.3) is 0 Å². The first-order valence-electron chi connectivity index (χ1n) is 6.69. The van der Waals surface area contributed by atoms with E-state index >= 15 is 0 Å². The van der Waals surface area contributed by atoms with Crippen molar-refractivity contribution in [3.05, 3.63) is 66.0 Å². The fourth-order valence-corrected chi connectivity index (χ4v) is 1.97. The number of amides is 2. The zero-order chi connectivity index (χ0) is 14.4. The van der Waals surface area contributed by atoms with Gasteiger partial charge in [-0.25, -0.2) is 4.79 Å². The predicted molar refractivity (Wildman–Crippen MR) is 79.2 cm³/mol. The molecule has 4 heteroatoms. The molecule has 0 spiro atoms. The van der Waals surface area contributed by atoms with Crippen molar-refractivity contribution in [2.24, 2.45) is 0 Å². The lowest BCUT2D eigenvalue weighted by molar-refractivity contribution is 0.234. The summed E-state index contributed by atoms with van der Waals surface area (Å²) in [6.07, 6.45) is 1.72. The number of benzene rings is 1. The van der Waals surface area contributed by atoms with Gasteiger partial charge in [0, 0.05) is 6.20 Å². The van der Waals surface area contributed by atoms with E-state index in [1.807, 2.05) is 62.4 Å². The van der Waals surface area contributed by atoms with Crippen LogP contribution in [0.2, 0.25) is 0 Å². The third kappa shape index (κ3) is 3.82. The minimum atomic E-state index is -0.195. The van der Waals surface area contributed by atoms with Crippen LogP contribution < -0.4 is 10.6 Å². The number of urea groups is 1. The highest BCUT2D eigenvalue weighted by molar-refractivity contribution is 5.74. The molecule has 2 amide bonds. The van der Waals surface area contributed by atoms with Crippen LogP contribution in [-0.4, -0.2) is 11.0 Å². The molecular formula is C16H19N3O. The number of carbonyl (C=O) groups excluding carboxylic acids is 1. The number of hydrogen-bond donors (Lipinski definition) is 2. The first-order valence-corrected chi connectivity index (χ1v) is 6.69. The van der Waals surface area contributed by atoms with Crippen LogP contribution >= 0.6 is 0 Å². The fraction of sp³-hybridized carbons (Fsp3) is 0.250. The van der Waals surface area contributed by atoms with E-state index in [2.05, 4.69) is 15.6 Å². The molecule has 4 nitrogen and oxygen atoms in total. The molecule has 0 fully saturated rings. The lowest BCUT2D eigenvalue weighted by atomic mass is 10.1. The summed E-state index contributed by atoms with van der Waals surface area (Å²) in [5.74, 6) is 0. The summed E-state index contributed by atoms with van der Waals surface area (Å²) in [6.45, 7) is 3.87. The largest absolute Gasteiger partial charge is 0.332 e. The van der Waals surface area contributed by atoms with Gasteiger partial charge in [-0.2, -0.15) is 0 Å². The van der Waals surface area contributed by atoms with Gasteiger partial charge >= 0.3 is 6.03 Å². The van der Waals surface area contributed by atoms with Crippen molar-refractivity contribution in [2.45, 2.75) is 25.9 Å². The SMILES string of the molecule is C[C@@H](NC(=O)N[C@H](C)c1ccccn1)c1ccccc1. The summed E-state index contributed by atoms with van der Waals surface area (Å²) in [4.78, 5) is 16.2. The van der Waals surface area contributed by atoms with Gasteiger partial charge in [-0.3, -0.25) is 4.98 Å². The zero-order valence-corrected chi connectivity index (χ0v) is 11.7. The number of nitrogens with one attached hydrogen (secondary N) is 2. The number of pyridine rings is 1. The molecule has 1 heterocycles. The molecule has 0 aliphatic heterocycles. The Bertz CT molecular complexity index is 493. The molecule has 2 atom stereocenters. The van der Waals surface area contributed by atoms with Crippen LogP contribution in [0.4, 0.5) is 4.79 Å². The maximum atomic E-state index is 12.0. The van der Waals surface area contributed by atoms with Gasteiger partial charge in [0.25, 0.3) is 0 Å². The number of carbonyl (C=O) groups is 1. The lowest BCUT2D eigenvalue weighted by Gasteiger charge is -2.18. The van der Waals surface area contributed by atoms with Crippen molar-refractivity contribution in [1.29, 1.82) is 0 Å². The molecule has 20 heavy (non-hydrogen) atoms. The maximum absolute atomic E-state index is 12.0. The Kier molecular flexibility index (Phi) is 4.71. The predicted octanol–water partition coefficient (Wildman–Crippen LogP) is 3.20. The molecular weight excluding hydrogens is 250 g/mol. The van der Waals surface area contributed by atoms with Crippen molar-refractivity contribution in [3.8, 4) is 0 Å². The molecule has 0 unspecified atom stereocenters. The van der Waals surface area contributed by atoms with Crippen molar-refractivity contribution >= 4 is 6.03 Å². The van der Waals surface area contributed by atoms with E-state index in [1.54, 1.807) is 6.20 Å². The van der Waals surface area contributed by atoms with Crippen LogP contribution in [-0.2, 0) is 0 Å². The van der Waals surface area contributed by atoms with Gasteiger partial charge in [-0.15, -0.1) is 0 Å². The molecule has 0 aliphatic carbocycles. The van der Waals surface area contributed by atoms with Gasteiger partial charge in [-0.1, -0.05) is 36.4 Å². The Morgan fingerprint density at radius 2 is 1.60 bits per heavy atom. The highest BCUT2D eigenvalue weighted by Gasteiger charge is 2.13. The summed E-state index contributed by atoms with van der Waals surface area (Å²) in [7, 11) is 0. The highest BCUT2D eigenvalue weighted by Crippen LogP contribution is 2.12. The zero-order valence-electron chi connectivity index (χ0n) is 11.7. The first-order chi connectivity index (χ1) is 9.66. The van der Waals surface area contributed by atoms with E-state index in [1.165, 1.54) is 0 Å². The second-order valence-electron chi connectivity index (χ2n) is 4.73. The van der Waals surface area contributed by atoms with Crippen molar-refractivity contribution < 1.29 is 4.79 Å². The number of rotatable bonds is 4. The quantitative estimate of drug-likeness (QED) is 0.895. The van der Waals surface area contributed by atoms with Crippen molar-refractivity contribution in [2.75, 3.05) is 0 Å². The van der Waals surface area contributed by atoms with Gasteiger partial charge in [0.2, 0.25) is 0 Å². The van der Waals surface area contributed by atoms with Crippen LogP contribution in [0.1, 0.15) is 37.2 Å². The molecule has 2 aromatic rings. The van der Waals surface area contributed by atoms with E-state index < -0.39 is 0 Å². The van der Waals surface area contributed by atoms with Crippen LogP contribution in [0, 0.1) is 0 Å². The Labute approximate surface area is 119 Å². The minimum Gasteiger partial charge on any atom is -0.332 e. The standard InChI is InChI=1S/C16H19N3O/c1-12(14-8-4-3-5-9-14)18-16(20)19-13(2)15-10-6-7-11-17-15/h3-13H,1-2H3,(H2,18,19,20)/t12-,13-/m1/s1. The number of nitrogens with zero attached hydrogens (tertiary/aromatic N) is 1. The Morgan fingerprint density at radius 3 is 2.25 bits per heavy atom. The first kappa shape index (κ1) is 14.1. The maximum Gasteiger partial charge on any atom is 0.315 e. The fourth-order valence-electron chi connectivity index (χ4n) is 1.97. The molecule has 104 valence electrons. The topological polar surface area (TPSA) is 54.0 Å². The number of hydrogen-bond acceptors (Lipinski definition) is 2. The Morgan fingerprint density at radius 1 is 0.950 bits per heavy atom. The van der Waals surface area contributed by atoms with Crippen LogP contribution in [0.3, 0.4) is 0 Å². The molecule has 0 aliphatic rings. The molecule has 0 saturated heterocycles. The summed E-state index contributed by atoms with van der Waals surface area (Å²) < 4.78 is 0. The van der Waals surface area contributed by atoms with E-state index in [-0.39, 0.29) is 18.1 Å². The van der Waals surface area contributed by atoms with Gasteiger partial charge < -0.3 is 10.6 Å². The third-order valence-corrected chi connectivity index (χ3v) is 3.13. The average molecular weight is 269 g/mol. The average Bonchev–Trinajstić information content (AvgIpc) is 2.49. The second-order valence-corrected chi connectivity index (χ2v) is 4.73. The van der Waals surface area contributed by atoms with Gasteiger partial charge in [0.05, 0.1) is 17.8 Å². The van der Waals surface area contributed by atoms with E-state index in [4.69, 9.17) is 0 Å². The summed E-state index contributed by atoms with van der Waals surface area (Å²) in [5, 5.41) is 5.80. The van der Waals surface area contributed by atoms with E-state index in [0.717, 1.165) is 11.3 Å². The van der Waals surface area contributed by atoms with Crippen LogP contribution in [0.15, 0.2) is 54.7 Å². The molecule has 1 aromatic heterocycles. The molecule has 0 bridgehead atoms. The summed E-state index contributed by atoms with van der Waals surface area (Å²) in [6, 6.07) is 15.2. The normalized spacial score (nSPS) is 13.3. The van der Waals surface area contributed by atoms with E-state index in [9.17, 15) is 4.79 Å². The highest BCUT2D eigenvalue weighted by atomic mass is 16.2. The summed E-state index contributed by atoms with van der Waals surface area (Å²) >= 11 is 0. The minimum absolute atomic E-state index is 0.0351. The molecule has 0 radical (unpaired) electrons. The Balaban J connectivity index is 1.90. The lowest BCUT2D eigenvalue weighted by Crippen LogP contribution is -2.38. The Hall–Kier alpha value is -2.36. The van der Waals surface area contributed by atoms with Crippen LogP contribution in [0.5, 0.6) is 0 Å². The monoisotopic (exact) mass is 269 g/mol. The van der Waals surface area contributed by atoms with Crippen molar-refractivity contribution in [1.82, 2.24) is 15.6 Å². The smallest absolute Gasteiger partial charge is 0.315 e. The third-order valence-electron chi connectivity index (χ3n) is 3.13. The molecule has 2 N–H and O–H groups in total. The van der Waals surface area contributed by atoms with Gasteiger partial charge in [-0.05, 0) is 31.5 Å². The summed E-state index contributed by atoms with van der Waals surface area (Å²) in [5.41, 5.74) is 1.92. The van der Waals surface area contributed by atoms with E-state index in [0.29, 0.717) is 0 Å².